The average molecular weight is 1240 g/mol. The average Bonchev–Trinajstić information content (AvgIpc) is 3.57. The number of ether oxygens (including phenoxy) is 1. The second-order valence-electron chi connectivity index (χ2n) is 27.4. The van der Waals surface area contributed by atoms with Crippen molar-refractivity contribution in [3.63, 3.8) is 0 Å². The summed E-state index contributed by atoms with van der Waals surface area (Å²) < 4.78 is 5.50. The summed E-state index contributed by atoms with van der Waals surface area (Å²) in [4.78, 5) is 24.6. The Morgan fingerprint density at radius 2 is 0.568 bits per heavy atom. The molecule has 2 unspecified atom stereocenters. The first-order chi connectivity index (χ1) is 43.5. The van der Waals surface area contributed by atoms with Crippen LogP contribution in [-0.4, -0.2) is 47.4 Å². The molecular weight excluding hydrogens is 1080 g/mol. The minimum absolute atomic E-state index is 0.00605. The number of aliphatic hydroxyl groups excluding tert-OH is 2. The fourth-order valence-corrected chi connectivity index (χ4v) is 12.5. The number of amides is 1. The monoisotopic (exact) mass is 1230 g/mol. The Balaban J connectivity index is 3.42. The molecule has 518 valence electrons. The number of esters is 1. The standard InChI is InChI=1S/C82H155NO5/c1-3-5-7-9-11-13-15-17-19-21-22-23-24-34-37-40-43-46-50-54-58-62-66-70-74-80(85)79(78-84)83-81(86)75-71-67-63-59-55-51-47-44-41-38-35-32-30-28-26-25-27-29-31-33-36-39-42-45-49-53-57-61-65-69-73-77-88-82(87)76-72-68-64-60-56-52-48-20-18-16-14-12-10-8-6-4-2/h20,27,29,33,36,48,70,74,79-80,84-85H,3-19,21-26,28,30-32,34-35,37-47,49-69,71-73,75-78H2,1-2H3,(H,83,86)/b29-27-,36-33-,48-20-,74-70+. The Bertz CT molecular complexity index is 1470. The molecule has 6 heteroatoms. The molecule has 0 radical (unpaired) electrons. The summed E-state index contributed by atoms with van der Waals surface area (Å²) in [5, 5.41) is 23.3. The van der Waals surface area contributed by atoms with Crippen LogP contribution >= 0.6 is 0 Å². The largest absolute Gasteiger partial charge is 0.466 e. The lowest BCUT2D eigenvalue weighted by atomic mass is 10.0. The van der Waals surface area contributed by atoms with Gasteiger partial charge in [-0.1, -0.05) is 383 Å². The number of aliphatic hydroxyl groups is 2. The lowest BCUT2D eigenvalue weighted by Crippen LogP contribution is -2.45. The maximum absolute atomic E-state index is 12.6. The Kier molecular flexibility index (Phi) is 75.4. The zero-order valence-electron chi connectivity index (χ0n) is 59.5. The number of rotatable bonds is 75. The minimum atomic E-state index is -0.846. The van der Waals surface area contributed by atoms with Gasteiger partial charge >= 0.3 is 5.97 Å². The van der Waals surface area contributed by atoms with E-state index >= 15 is 0 Å². The van der Waals surface area contributed by atoms with Gasteiger partial charge in [-0.25, -0.2) is 0 Å². The van der Waals surface area contributed by atoms with Gasteiger partial charge in [-0.15, -0.1) is 0 Å². The number of nitrogens with one attached hydrogen (secondary N) is 1. The quantitative estimate of drug-likeness (QED) is 0.0320. The number of carbonyl (C=O) groups excluding carboxylic acids is 2. The predicted molar refractivity (Wildman–Crippen MR) is 389 cm³/mol. The molecule has 0 saturated heterocycles. The zero-order chi connectivity index (χ0) is 63.5. The molecule has 0 aliphatic heterocycles. The highest BCUT2D eigenvalue weighted by Gasteiger charge is 2.18. The molecule has 3 N–H and O–H groups in total. The van der Waals surface area contributed by atoms with Crippen molar-refractivity contribution in [2.75, 3.05) is 13.2 Å². The Hall–Kier alpha value is -2.18. The summed E-state index contributed by atoms with van der Waals surface area (Å²) in [5.41, 5.74) is 0. The highest BCUT2D eigenvalue weighted by molar-refractivity contribution is 5.76. The van der Waals surface area contributed by atoms with Crippen LogP contribution in [0.1, 0.15) is 438 Å². The van der Waals surface area contributed by atoms with Crippen LogP contribution in [0.2, 0.25) is 0 Å². The highest BCUT2D eigenvalue weighted by Crippen LogP contribution is 2.19. The van der Waals surface area contributed by atoms with Gasteiger partial charge in [0.15, 0.2) is 0 Å². The van der Waals surface area contributed by atoms with E-state index in [1.54, 1.807) is 6.08 Å². The molecule has 0 aromatic heterocycles. The molecule has 88 heavy (non-hydrogen) atoms. The summed E-state index contributed by atoms with van der Waals surface area (Å²) in [5.74, 6) is -0.0569. The molecule has 0 aromatic carbocycles. The van der Waals surface area contributed by atoms with Crippen LogP contribution in [0.5, 0.6) is 0 Å². The van der Waals surface area contributed by atoms with E-state index in [4.69, 9.17) is 4.74 Å². The van der Waals surface area contributed by atoms with Crippen molar-refractivity contribution in [2.24, 2.45) is 0 Å². The highest BCUT2D eigenvalue weighted by atomic mass is 16.5. The molecule has 0 saturated carbocycles. The van der Waals surface area contributed by atoms with Crippen molar-refractivity contribution < 1.29 is 24.5 Å². The van der Waals surface area contributed by atoms with E-state index in [0.29, 0.717) is 19.4 Å². The van der Waals surface area contributed by atoms with E-state index in [-0.39, 0.29) is 18.5 Å². The number of unbranched alkanes of at least 4 members (excludes halogenated alkanes) is 58. The van der Waals surface area contributed by atoms with Gasteiger partial charge in [0.05, 0.1) is 25.4 Å². The Morgan fingerprint density at radius 1 is 0.318 bits per heavy atom. The van der Waals surface area contributed by atoms with E-state index in [1.165, 1.54) is 360 Å². The van der Waals surface area contributed by atoms with E-state index in [0.717, 1.165) is 51.4 Å². The van der Waals surface area contributed by atoms with Gasteiger partial charge < -0.3 is 20.3 Å². The first-order valence-electron chi connectivity index (χ1n) is 39.9. The first-order valence-corrected chi connectivity index (χ1v) is 39.9. The van der Waals surface area contributed by atoms with Crippen molar-refractivity contribution >= 4 is 11.9 Å². The summed E-state index contributed by atoms with van der Waals surface area (Å²) in [6, 6.07) is -0.630. The summed E-state index contributed by atoms with van der Waals surface area (Å²) in [6.07, 6.45) is 102. The van der Waals surface area contributed by atoms with E-state index in [2.05, 4.69) is 55.6 Å². The maximum atomic E-state index is 12.6. The lowest BCUT2D eigenvalue weighted by molar-refractivity contribution is -0.143. The Morgan fingerprint density at radius 3 is 0.875 bits per heavy atom. The number of hydrogen-bond acceptors (Lipinski definition) is 5. The topological polar surface area (TPSA) is 95.9 Å². The van der Waals surface area contributed by atoms with Crippen molar-refractivity contribution in [3.8, 4) is 0 Å². The van der Waals surface area contributed by atoms with Crippen LogP contribution in [0.4, 0.5) is 0 Å². The van der Waals surface area contributed by atoms with Gasteiger partial charge in [0.1, 0.15) is 0 Å². The lowest BCUT2D eigenvalue weighted by Gasteiger charge is -2.20. The van der Waals surface area contributed by atoms with Crippen molar-refractivity contribution in [3.05, 3.63) is 48.6 Å². The summed E-state index contributed by atoms with van der Waals surface area (Å²) in [7, 11) is 0. The second kappa shape index (κ2) is 77.3. The molecule has 2 atom stereocenters. The molecule has 0 bridgehead atoms. The van der Waals surface area contributed by atoms with Gasteiger partial charge in [-0.2, -0.15) is 0 Å². The van der Waals surface area contributed by atoms with Gasteiger partial charge in [-0.3, -0.25) is 9.59 Å². The summed E-state index contributed by atoms with van der Waals surface area (Å²) in [6.45, 7) is 4.94. The third-order valence-electron chi connectivity index (χ3n) is 18.6. The molecule has 0 spiro atoms. The zero-order valence-corrected chi connectivity index (χ0v) is 59.5. The number of carbonyl (C=O) groups is 2. The third kappa shape index (κ3) is 72.9. The van der Waals surface area contributed by atoms with Gasteiger partial charge in [-0.05, 0) is 89.9 Å². The molecule has 0 aliphatic carbocycles. The molecule has 0 rings (SSSR count). The van der Waals surface area contributed by atoms with E-state index in [1.807, 2.05) is 6.08 Å². The Labute approximate surface area is 550 Å². The fraction of sp³-hybridized carbons (Fsp3) is 0.878. The fourth-order valence-electron chi connectivity index (χ4n) is 12.5. The summed E-state index contributed by atoms with van der Waals surface area (Å²) >= 11 is 0. The third-order valence-corrected chi connectivity index (χ3v) is 18.6. The maximum Gasteiger partial charge on any atom is 0.305 e. The SMILES string of the molecule is CCCCCCCCC/C=C\CCCCCCCC(=O)OCCCCCCCCCCC/C=C\C/C=C\CCCCCCCCCCCCCCCCCC(=O)NC(CO)C(O)/C=C/CCCCCCCCCCCCCCCCCCCCCCCC. The van der Waals surface area contributed by atoms with E-state index < -0.39 is 12.1 Å². The van der Waals surface area contributed by atoms with Crippen LogP contribution in [0.3, 0.4) is 0 Å². The normalized spacial score (nSPS) is 12.7. The van der Waals surface area contributed by atoms with Crippen molar-refractivity contribution in [2.45, 2.75) is 450 Å². The van der Waals surface area contributed by atoms with E-state index in [9.17, 15) is 19.8 Å². The molecular formula is C82H155NO5. The smallest absolute Gasteiger partial charge is 0.305 e. The van der Waals surface area contributed by atoms with Gasteiger partial charge in [0.2, 0.25) is 5.91 Å². The molecule has 1 amide bonds. The van der Waals surface area contributed by atoms with Crippen molar-refractivity contribution in [1.82, 2.24) is 5.32 Å². The molecule has 0 aliphatic rings. The minimum Gasteiger partial charge on any atom is -0.466 e. The van der Waals surface area contributed by atoms with Crippen LogP contribution in [0.15, 0.2) is 48.6 Å². The van der Waals surface area contributed by atoms with Gasteiger partial charge in [0, 0.05) is 12.8 Å². The molecule has 0 heterocycles. The first kappa shape index (κ1) is 85.8. The second-order valence-corrected chi connectivity index (χ2v) is 27.4. The molecule has 6 nitrogen and oxygen atoms in total. The van der Waals surface area contributed by atoms with Crippen LogP contribution in [-0.2, 0) is 14.3 Å². The number of allylic oxidation sites excluding steroid dienone is 7. The number of hydrogen-bond donors (Lipinski definition) is 3. The van der Waals surface area contributed by atoms with Gasteiger partial charge in [0.25, 0.3) is 0 Å². The molecule has 0 aromatic rings. The predicted octanol–water partition coefficient (Wildman–Crippen LogP) is 26.4. The van der Waals surface area contributed by atoms with Crippen molar-refractivity contribution in [1.29, 1.82) is 0 Å². The van der Waals surface area contributed by atoms with Crippen LogP contribution in [0.25, 0.3) is 0 Å². The molecule has 0 fully saturated rings. The van der Waals surface area contributed by atoms with Crippen LogP contribution < -0.4 is 5.32 Å². The van der Waals surface area contributed by atoms with Crippen LogP contribution in [0, 0.1) is 0 Å².